The third-order valence-corrected chi connectivity index (χ3v) is 5.37. The number of carbonyl (C=O) groups is 1. The zero-order valence-electron chi connectivity index (χ0n) is 19.2. The van der Waals surface area contributed by atoms with Gasteiger partial charge in [-0.1, -0.05) is 13.3 Å². The normalized spacial score (nSPS) is 18.7. The van der Waals surface area contributed by atoms with Crippen LogP contribution in [0.4, 0.5) is 4.79 Å². The lowest BCUT2D eigenvalue weighted by Crippen LogP contribution is -2.52. The van der Waals surface area contributed by atoms with E-state index in [4.69, 9.17) is 9.47 Å². The van der Waals surface area contributed by atoms with Crippen LogP contribution >= 0.6 is 0 Å². The molecule has 1 aliphatic heterocycles. The van der Waals surface area contributed by atoms with Gasteiger partial charge in [-0.15, -0.1) is 0 Å². The topological polar surface area (TPSA) is 66.4 Å². The van der Waals surface area contributed by atoms with Gasteiger partial charge in [0.1, 0.15) is 5.60 Å². The van der Waals surface area contributed by atoms with E-state index in [-0.39, 0.29) is 12.1 Å². The average Bonchev–Trinajstić information content (AvgIpc) is 3.49. The summed E-state index contributed by atoms with van der Waals surface area (Å²) in [5.41, 5.74) is -0.454. The van der Waals surface area contributed by atoms with E-state index in [2.05, 4.69) is 22.1 Å². The van der Waals surface area contributed by atoms with Crippen LogP contribution in [-0.2, 0) is 9.47 Å². The number of nitrogens with one attached hydrogen (secondary N) is 1. The fraction of sp³-hybridized carbons (Fsp3) is 0.909. The molecule has 1 aliphatic carbocycles. The van der Waals surface area contributed by atoms with Gasteiger partial charge < -0.3 is 24.6 Å². The van der Waals surface area contributed by atoms with Crippen LogP contribution in [0.5, 0.6) is 0 Å². The molecule has 0 spiro atoms. The van der Waals surface area contributed by atoms with E-state index in [1.807, 2.05) is 32.7 Å². The molecule has 2 fully saturated rings. The summed E-state index contributed by atoms with van der Waals surface area (Å²) in [5, 5.41) is 3.40. The van der Waals surface area contributed by atoms with Crippen molar-refractivity contribution < 1.29 is 14.3 Å². The molecule has 2 rings (SSSR count). The highest BCUT2D eigenvalue weighted by atomic mass is 16.6. The highest BCUT2D eigenvalue weighted by Gasteiger charge is 2.35. The van der Waals surface area contributed by atoms with Crippen molar-refractivity contribution in [2.24, 2.45) is 10.9 Å². The SMILES string of the molecule is CCCCOCCNC(=NC)N1CCC(N(CC2CC2)C(=O)OC(C)(C)C)CC1. The van der Waals surface area contributed by atoms with Crippen molar-refractivity contribution in [3.63, 3.8) is 0 Å². The quantitative estimate of drug-likeness (QED) is 0.358. The van der Waals surface area contributed by atoms with E-state index in [1.165, 1.54) is 12.8 Å². The van der Waals surface area contributed by atoms with Crippen LogP contribution in [0.1, 0.15) is 66.2 Å². The minimum atomic E-state index is -0.454. The number of carbonyl (C=O) groups excluding carboxylic acids is 1. The first-order chi connectivity index (χ1) is 13.8. The molecule has 7 nitrogen and oxygen atoms in total. The molecule has 0 unspecified atom stereocenters. The van der Waals surface area contributed by atoms with Crippen molar-refractivity contribution in [1.29, 1.82) is 0 Å². The molecule has 7 heteroatoms. The first-order valence-corrected chi connectivity index (χ1v) is 11.4. The van der Waals surface area contributed by atoms with Gasteiger partial charge in [0.15, 0.2) is 5.96 Å². The van der Waals surface area contributed by atoms with Gasteiger partial charge in [0, 0.05) is 45.9 Å². The number of hydrogen-bond acceptors (Lipinski definition) is 4. The molecule has 1 heterocycles. The van der Waals surface area contributed by atoms with Gasteiger partial charge in [-0.25, -0.2) is 4.79 Å². The van der Waals surface area contributed by atoms with Crippen LogP contribution in [0.15, 0.2) is 4.99 Å². The Morgan fingerprint density at radius 1 is 1.17 bits per heavy atom. The maximum Gasteiger partial charge on any atom is 0.410 e. The maximum atomic E-state index is 12.8. The molecule has 0 aromatic heterocycles. The van der Waals surface area contributed by atoms with Crippen molar-refractivity contribution in [2.75, 3.05) is 46.4 Å². The van der Waals surface area contributed by atoms with Crippen LogP contribution in [0.25, 0.3) is 0 Å². The molecule has 168 valence electrons. The van der Waals surface area contributed by atoms with Crippen LogP contribution in [-0.4, -0.2) is 79.9 Å². The summed E-state index contributed by atoms with van der Waals surface area (Å²) in [5.74, 6) is 1.58. The van der Waals surface area contributed by atoms with Gasteiger partial charge >= 0.3 is 6.09 Å². The monoisotopic (exact) mass is 410 g/mol. The fourth-order valence-corrected chi connectivity index (χ4v) is 3.58. The Kier molecular flexibility index (Phi) is 9.53. The zero-order valence-corrected chi connectivity index (χ0v) is 19.2. The Bertz CT molecular complexity index is 521. The van der Waals surface area contributed by atoms with Crippen molar-refractivity contribution in [3.8, 4) is 0 Å². The van der Waals surface area contributed by atoms with Gasteiger partial charge in [-0.05, 0) is 58.8 Å². The molecule has 1 saturated carbocycles. The van der Waals surface area contributed by atoms with Gasteiger partial charge in [0.05, 0.1) is 6.61 Å². The Balaban J connectivity index is 1.80. The molecule has 29 heavy (non-hydrogen) atoms. The van der Waals surface area contributed by atoms with Gasteiger partial charge in [0.2, 0.25) is 0 Å². The van der Waals surface area contributed by atoms with Gasteiger partial charge in [-0.2, -0.15) is 0 Å². The Morgan fingerprint density at radius 3 is 2.41 bits per heavy atom. The smallest absolute Gasteiger partial charge is 0.410 e. The molecule has 1 amide bonds. The molecule has 1 saturated heterocycles. The summed E-state index contributed by atoms with van der Waals surface area (Å²) in [7, 11) is 1.83. The third kappa shape index (κ3) is 8.81. The van der Waals surface area contributed by atoms with Crippen LogP contribution in [0.2, 0.25) is 0 Å². The molecule has 1 N–H and O–H groups in total. The number of rotatable bonds is 9. The standard InChI is InChI=1S/C22H42N4O3/c1-6-7-15-28-16-12-24-20(23-5)25-13-10-19(11-14-25)26(17-18-8-9-18)21(27)29-22(2,3)4/h18-19H,6-17H2,1-5H3,(H,23,24). The van der Waals surface area contributed by atoms with Gasteiger partial charge in [0.25, 0.3) is 0 Å². The number of hydrogen-bond donors (Lipinski definition) is 1. The van der Waals surface area contributed by atoms with E-state index < -0.39 is 5.60 Å². The number of aliphatic imine (C=N–C) groups is 1. The first-order valence-electron chi connectivity index (χ1n) is 11.4. The van der Waals surface area contributed by atoms with E-state index in [0.717, 1.165) is 64.4 Å². The lowest BCUT2D eigenvalue weighted by molar-refractivity contribution is 0.00926. The number of unbranched alkanes of at least 4 members (excludes halogenated alkanes) is 1. The van der Waals surface area contributed by atoms with Crippen molar-refractivity contribution in [1.82, 2.24) is 15.1 Å². The minimum Gasteiger partial charge on any atom is -0.444 e. The lowest BCUT2D eigenvalue weighted by Gasteiger charge is -2.40. The minimum absolute atomic E-state index is 0.158. The number of piperidine rings is 1. The summed E-state index contributed by atoms with van der Waals surface area (Å²) in [4.78, 5) is 21.5. The predicted molar refractivity (Wildman–Crippen MR) is 117 cm³/mol. The van der Waals surface area contributed by atoms with Crippen LogP contribution in [0.3, 0.4) is 0 Å². The van der Waals surface area contributed by atoms with Crippen molar-refractivity contribution >= 4 is 12.1 Å². The third-order valence-electron chi connectivity index (χ3n) is 5.37. The zero-order chi connectivity index (χ0) is 21.3. The highest BCUT2D eigenvalue weighted by molar-refractivity contribution is 5.80. The number of nitrogens with zero attached hydrogens (tertiary/aromatic N) is 3. The molecular formula is C22H42N4O3. The summed E-state index contributed by atoms with van der Waals surface area (Å²) in [6.45, 7) is 12.9. The first kappa shape index (κ1) is 23.8. The van der Waals surface area contributed by atoms with Crippen molar-refractivity contribution in [3.05, 3.63) is 0 Å². The Morgan fingerprint density at radius 2 is 1.86 bits per heavy atom. The molecular weight excluding hydrogens is 368 g/mol. The van der Waals surface area contributed by atoms with E-state index >= 15 is 0 Å². The van der Waals surface area contributed by atoms with E-state index in [9.17, 15) is 4.79 Å². The van der Waals surface area contributed by atoms with E-state index in [0.29, 0.717) is 12.5 Å². The second-order valence-electron chi connectivity index (χ2n) is 9.23. The Hall–Kier alpha value is -1.50. The molecule has 0 bridgehead atoms. The molecule has 2 aliphatic rings. The van der Waals surface area contributed by atoms with E-state index in [1.54, 1.807) is 0 Å². The highest BCUT2D eigenvalue weighted by Crippen LogP contribution is 2.32. The van der Waals surface area contributed by atoms with Gasteiger partial charge in [-0.3, -0.25) is 4.99 Å². The Labute approximate surface area is 177 Å². The molecule has 0 aromatic rings. The summed E-state index contributed by atoms with van der Waals surface area (Å²) in [6.07, 6.45) is 6.46. The number of amides is 1. The molecule has 0 atom stereocenters. The lowest BCUT2D eigenvalue weighted by atomic mass is 10.0. The number of likely N-dealkylation sites (tertiary alicyclic amines) is 1. The summed E-state index contributed by atoms with van der Waals surface area (Å²) in [6, 6.07) is 0.247. The van der Waals surface area contributed by atoms with Crippen molar-refractivity contribution in [2.45, 2.75) is 77.9 Å². The number of ether oxygens (including phenoxy) is 2. The number of guanidine groups is 1. The largest absolute Gasteiger partial charge is 0.444 e. The molecule has 0 radical (unpaired) electrons. The summed E-state index contributed by atoms with van der Waals surface area (Å²) < 4.78 is 11.3. The predicted octanol–water partition coefficient (Wildman–Crippen LogP) is 3.49. The second kappa shape index (κ2) is 11.6. The average molecular weight is 411 g/mol. The van der Waals surface area contributed by atoms with Crippen LogP contribution in [0, 0.1) is 5.92 Å². The van der Waals surface area contributed by atoms with Crippen LogP contribution < -0.4 is 5.32 Å². The fourth-order valence-electron chi connectivity index (χ4n) is 3.58. The molecule has 0 aromatic carbocycles. The second-order valence-corrected chi connectivity index (χ2v) is 9.23. The maximum absolute atomic E-state index is 12.8. The summed E-state index contributed by atoms with van der Waals surface area (Å²) >= 11 is 0.